The van der Waals surface area contributed by atoms with Gasteiger partial charge in [-0.3, -0.25) is 9.48 Å². The van der Waals surface area contributed by atoms with E-state index in [0.29, 0.717) is 11.3 Å². The van der Waals surface area contributed by atoms with Gasteiger partial charge < -0.3 is 10.1 Å². The van der Waals surface area contributed by atoms with Crippen molar-refractivity contribution in [2.24, 2.45) is 7.05 Å². The van der Waals surface area contributed by atoms with E-state index in [1.165, 1.54) is 17.5 Å². The van der Waals surface area contributed by atoms with Crippen molar-refractivity contribution in [1.82, 2.24) is 9.78 Å². The highest BCUT2D eigenvalue weighted by molar-refractivity contribution is 5.98. The van der Waals surface area contributed by atoms with Crippen molar-refractivity contribution >= 4 is 17.6 Å². The number of carbonyl (C=O) groups is 2. The van der Waals surface area contributed by atoms with Crippen molar-refractivity contribution in [1.29, 1.82) is 0 Å². The fourth-order valence-corrected chi connectivity index (χ4v) is 3.32. The van der Waals surface area contributed by atoms with Crippen molar-refractivity contribution in [3.05, 3.63) is 46.3 Å². The molecule has 1 aromatic carbocycles. The van der Waals surface area contributed by atoms with E-state index in [0.717, 1.165) is 30.7 Å². The molecule has 1 atom stereocenters. The van der Waals surface area contributed by atoms with E-state index < -0.39 is 12.1 Å². The predicted molar refractivity (Wildman–Crippen MR) is 99.3 cm³/mol. The summed E-state index contributed by atoms with van der Waals surface area (Å²) < 4.78 is 7.07. The maximum absolute atomic E-state index is 12.4. The number of hydrogen-bond donors (Lipinski definition) is 1. The van der Waals surface area contributed by atoms with Crippen LogP contribution in [0.2, 0.25) is 0 Å². The molecule has 0 saturated heterocycles. The third-order valence-electron chi connectivity index (χ3n) is 4.99. The average molecular weight is 355 g/mol. The molecule has 0 saturated carbocycles. The maximum atomic E-state index is 12.4. The summed E-state index contributed by atoms with van der Waals surface area (Å²) in [5, 5.41) is 7.07. The molecule has 0 unspecified atom stereocenters. The third kappa shape index (κ3) is 3.64. The molecule has 3 rings (SSSR count). The van der Waals surface area contributed by atoms with Crippen LogP contribution in [-0.2, 0) is 29.4 Å². The Morgan fingerprint density at radius 2 is 1.88 bits per heavy atom. The second kappa shape index (κ2) is 7.32. The van der Waals surface area contributed by atoms with Crippen LogP contribution in [0.25, 0.3) is 0 Å². The molecule has 26 heavy (non-hydrogen) atoms. The zero-order valence-electron chi connectivity index (χ0n) is 15.8. The SMILES string of the molecule is Cc1nn(C)c(C)c1NC(=O)[C@H](C)OC(=O)c1ccc2c(c1)CCCC2. The Labute approximate surface area is 153 Å². The van der Waals surface area contributed by atoms with Crippen LogP contribution in [0.15, 0.2) is 18.2 Å². The zero-order valence-corrected chi connectivity index (χ0v) is 15.8. The van der Waals surface area contributed by atoms with Crippen LogP contribution in [0.3, 0.4) is 0 Å². The normalized spacial score (nSPS) is 14.5. The van der Waals surface area contributed by atoms with Gasteiger partial charge in [0, 0.05) is 7.05 Å². The largest absolute Gasteiger partial charge is 0.449 e. The second-order valence-electron chi connectivity index (χ2n) is 6.90. The van der Waals surface area contributed by atoms with Gasteiger partial charge in [0.1, 0.15) is 0 Å². The molecule has 0 spiro atoms. The van der Waals surface area contributed by atoms with Crippen LogP contribution in [0.4, 0.5) is 5.69 Å². The second-order valence-corrected chi connectivity index (χ2v) is 6.90. The van der Waals surface area contributed by atoms with Gasteiger partial charge in [-0.05, 0) is 69.7 Å². The van der Waals surface area contributed by atoms with Crippen molar-refractivity contribution in [2.45, 2.75) is 52.6 Å². The van der Waals surface area contributed by atoms with E-state index >= 15 is 0 Å². The van der Waals surface area contributed by atoms with E-state index in [1.54, 1.807) is 17.7 Å². The molecule has 2 aromatic rings. The van der Waals surface area contributed by atoms with E-state index in [-0.39, 0.29) is 5.91 Å². The molecular weight excluding hydrogens is 330 g/mol. The molecule has 1 amide bonds. The summed E-state index contributed by atoms with van der Waals surface area (Å²) in [6.07, 6.45) is 3.51. The number of rotatable bonds is 4. The number of nitrogens with zero attached hydrogens (tertiary/aromatic N) is 2. The monoisotopic (exact) mass is 355 g/mol. The van der Waals surface area contributed by atoms with Crippen LogP contribution < -0.4 is 5.32 Å². The minimum Gasteiger partial charge on any atom is -0.449 e. The summed E-state index contributed by atoms with van der Waals surface area (Å²) in [4.78, 5) is 24.8. The van der Waals surface area contributed by atoms with Crippen molar-refractivity contribution in [3.8, 4) is 0 Å². The standard InChI is InChI=1S/C20H25N3O3/c1-12-18(13(2)23(4)22-12)21-19(24)14(3)26-20(25)17-10-9-15-7-5-6-8-16(15)11-17/h9-11,14H,5-8H2,1-4H3,(H,21,24)/t14-/m0/s1. The minimum absolute atomic E-state index is 0.365. The Balaban J connectivity index is 1.66. The summed E-state index contributed by atoms with van der Waals surface area (Å²) in [6, 6.07) is 5.68. The van der Waals surface area contributed by atoms with E-state index in [2.05, 4.69) is 10.4 Å². The number of carbonyl (C=O) groups excluding carboxylic acids is 2. The molecule has 0 radical (unpaired) electrons. The number of anilines is 1. The van der Waals surface area contributed by atoms with Gasteiger partial charge >= 0.3 is 5.97 Å². The molecule has 1 aromatic heterocycles. The van der Waals surface area contributed by atoms with Gasteiger partial charge in [-0.25, -0.2) is 4.79 Å². The average Bonchev–Trinajstić information content (AvgIpc) is 2.87. The molecule has 1 heterocycles. The number of fused-ring (bicyclic) bond motifs is 1. The fourth-order valence-electron chi connectivity index (χ4n) is 3.32. The molecule has 1 aliphatic carbocycles. The first-order chi connectivity index (χ1) is 12.4. The maximum Gasteiger partial charge on any atom is 0.338 e. The summed E-state index contributed by atoms with van der Waals surface area (Å²) in [6.45, 7) is 5.28. The Morgan fingerprint density at radius 1 is 1.19 bits per heavy atom. The quantitative estimate of drug-likeness (QED) is 0.856. The topological polar surface area (TPSA) is 73.2 Å². The summed E-state index contributed by atoms with van der Waals surface area (Å²) in [7, 11) is 1.82. The lowest BCUT2D eigenvalue weighted by atomic mass is 9.90. The predicted octanol–water partition coefficient (Wildman–Crippen LogP) is 3.10. The van der Waals surface area contributed by atoms with Crippen molar-refractivity contribution in [2.75, 3.05) is 5.32 Å². The Hall–Kier alpha value is -2.63. The van der Waals surface area contributed by atoms with Crippen molar-refractivity contribution < 1.29 is 14.3 Å². The fraction of sp³-hybridized carbons (Fsp3) is 0.450. The molecule has 1 N–H and O–H groups in total. The molecule has 6 heteroatoms. The summed E-state index contributed by atoms with van der Waals surface area (Å²) in [5.74, 6) is -0.837. The van der Waals surface area contributed by atoms with E-state index in [9.17, 15) is 9.59 Å². The third-order valence-corrected chi connectivity index (χ3v) is 4.99. The lowest BCUT2D eigenvalue weighted by molar-refractivity contribution is -0.123. The smallest absolute Gasteiger partial charge is 0.338 e. The molecule has 0 aliphatic heterocycles. The van der Waals surface area contributed by atoms with Gasteiger partial charge in [-0.2, -0.15) is 5.10 Å². The van der Waals surface area contributed by atoms with Crippen LogP contribution in [0, 0.1) is 13.8 Å². The first-order valence-electron chi connectivity index (χ1n) is 9.00. The number of hydrogen-bond acceptors (Lipinski definition) is 4. The first kappa shape index (κ1) is 18.2. The van der Waals surface area contributed by atoms with Crippen LogP contribution >= 0.6 is 0 Å². The summed E-state index contributed by atoms with van der Waals surface area (Å²) in [5.41, 5.74) is 5.26. The Bertz CT molecular complexity index is 854. The minimum atomic E-state index is -0.891. The molecule has 0 fully saturated rings. The highest BCUT2D eigenvalue weighted by Gasteiger charge is 2.22. The number of benzene rings is 1. The van der Waals surface area contributed by atoms with Gasteiger partial charge in [-0.15, -0.1) is 0 Å². The van der Waals surface area contributed by atoms with Crippen LogP contribution in [0.1, 0.15) is 52.6 Å². The highest BCUT2D eigenvalue weighted by Crippen LogP contribution is 2.23. The van der Waals surface area contributed by atoms with Crippen molar-refractivity contribution in [3.63, 3.8) is 0 Å². The van der Waals surface area contributed by atoms with Gasteiger partial charge in [0.25, 0.3) is 5.91 Å². The molecule has 0 bridgehead atoms. The lowest BCUT2D eigenvalue weighted by Gasteiger charge is -2.17. The van der Waals surface area contributed by atoms with Crippen LogP contribution in [0.5, 0.6) is 0 Å². The molecular formula is C20H25N3O3. The number of amides is 1. The number of aryl methyl sites for hydroxylation is 4. The molecule has 1 aliphatic rings. The molecule has 138 valence electrons. The number of esters is 1. The Morgan fingerprint density at radius 3 is 2.54 bits per heavy atom. The van der Waals surface area contributed by atoms with Gasteiger partial charge in [0.15, 0.2) is 6.10 Å². The van der Waals surface area contributed by atoms with Gasteiger partial charge in [0.05, 0.1) is 22.6 Å². The van der Waals surface area contributed by atoms with Gasteiger partial charge in [0.2, 0.25) is 0 Å². The summed E-state index contributed by atoms with van der Waals surface area (Å²) >= 11 is 0. The van der Waals surface area contributed by atoms with E-state index in [4.69, 9.17) is 4.74 Å². The number of ether oxygens (including phenoxy) is 1. The number of aromatic nitrogens is 2. The lowest BCUT2D eigenvalue weighted by Crippen LogP contribution is -2.30. The molecule has 6 nitrogen and oxygen atoms in total. The van der Waals surface area contributed by atoms with Crippen LogP contribution in [-0.4, -0.2) is 27.8 Å². The number of nitrogens with one attached hydrogen (secondary N) is 1. The first-order valence-corrected chi connectivity index (χ1v) is 9.00. The highest BCUT2D eigenvalue weighted by atomic mass is 16.5. The van der Waals surface area contributed by atoms with Gasteiger partial charge in [-0.1, -0.05) is 6.07 Å². The van der Waals surface area contributed by atoms with E-state index in [1.807, 2.05) is 33.0 Å². The zero-order chi connectivity index (χ0) is 18.8. The Kier molecular flexibility index (Phi) is 5.11.